The first-order valence-corrected chi connectivity index (χ1v) is 14.4. The molecule has 0 atom stereocenters. The number of nitrogens with zero attached hydrogens (tertiary/aromatic N) is 2. The fourth-order valence-corrected chi connectivity index (χ4v) is 5.26. The Balaban J connectivity index is 1.39. The van der Waals surface area contributed by atoms with Gasteiger partial charge < -0.3 is 14.5 Å². The van der Waals surface area contributed by atoms with Crippen LogP contribution in [0.3, 0.4) is 0 Å². The molecule has 4 rings (SSSR count). The van der Waals surface area contributed by atoms with Gasteiger partial charge in [-0.2, -0.15) is 0 Å². The minimum atomic E-state index is -0.164. The van der Waals surface area contributed by atoms with Crippen molar-refractivity contribution in [1.29, 1.82) is 0 Å². The Kier molecular flexibility index (Phi) is 10.1. The van der Waals surface area contributed by atoms with Gasteiger partial charge in [-0.05, 0) is 71.5 Å². The Labute approximate surface area is 237 Å². The van der Waals surface area contributed by atoms with E-state index < -0.39 is 0 Å². The zero-order valence-corrected chi connectivity index (χ0v) is 24.2. The van der Waals surface area contributed by atoms with E-state index >= 15 is 0 Å². The zero-order valence-electron chi connectivity index (χ0n) is 23.3. The first kappa shape index (κ1) is 28.3. The van der Waals surface area contributed by atoms with Crippen molar-refractivity contribution in [3.05, 3.63) is 125 Å². The predicted molar refractivity (Wildman–Crippen MR) is 165 cm³/mol. The lowest BCUT2D eigenvalue weighted by Gasteiger charge is -2.22. The van der Waals surface area contributed by atoms with Crippen LogP contribution in [0.5, 0.6) is 0 Å². The maximum atomic E-state index is 12.1. The Bertz CT molecular complexity index is 1250. The summed E-state index contributed by atoms with van der Waals surface area (Å²) in [5.74, 6) is 0.322. The molecule has 0 fully saturated rings. The Morgan fingerprint density at radius 2 is 1.18 bits per heavy atom. The number of anilines is 2. The van der Waals surface area contributed by atoms with E-state index in [1.165, 1.54) is 45.4 Å². The zero-order chi connectivity index (χ0) is 27.6. The SMILES string of the molecule is CN(C)c1ccc(C(c2ccc(CCCOC(=O)CSc3ccccc3)cc2)c2ccc(N(C)C)cc2)cc1. The maximum absolute atomic E-state index is 12.1. The van der Waals surface area contributed by atoms with E-state index in [1.54, 1.807) is 0 Å². The molecule has 0 aliphatic rings. The van der Waals surface area contributed by atoms with Crippen molar-refractivity contribution < 1.29 is 9.53 Å². The molecule has 5 heteroatoms. The minimum Gasteiger partial charge on any atom is -0.465 e. The van der Waals surface area contributed by atoms with Gasteiger partial charge in [0, 0.05) is 50.4 Å². The second-order valence-electron chi connectivity index (χ2n) is 10.1. The average molecular weight is 539 g/mol. The van der Waals surface area contributed by atoms with E-state index in [0.717, 1.165) is 17.7 Å². The van der Waals surface area contributed by atoms with Crippen LogP contribution in [0.2, 0.25) is 0 Å². The molecule has 0 aliphatic heterocycles. The number of esters is 1. The van der Waals surface area contributed by atoms with Crippen LogP contribution in [-0.2, 0) is 16.0 Å². The minimum absolute atomic E-state index is 0.148. The molecule has 0 saturated heterocycles. The van der Waals surface area contributed by atoms with Gasteiger partial charge in [-0.25, -0.2) is 0 Å². The fraction of sp³-hybridized carbons (Fsp3) is 0.265. The van der Waals surface area contributed by atoms with Crippen LogP contribution in [0.15, 0.2) is 108 Å². The lowest BCUT2D eigenvalue weighted by molar-refractivity contribution is -0.140. The lowest BCUT2D eigenvalue weighted by atomic mass is 9.84. The molecule has 202 valence electrons. The number of ether oxygens (including phenoxy) is 1. The molecule has 0 radical (unpaired) electrons. The number of hydrogen-bond acceptors (Lipinski definition) is 5. The van der Waals surface area contributed by atoms with Crippen LogP contribution in [0.25, 0.3) is 0 Å². The number of carbonyl (C=O) groups excluding carboxylic acids is 1. The molecular weight excluding hydrogens is 500 g/mol. The summed E-state index contributed by atoms with van der Waals surface area (Å²) in [6, 6.07) is 36.5. The Hall–Kier alpha value is -3.70. The van der Waals surface area contributed by atoms with Crippen LogP contribution in [0.4, 0.5) is 11.4 Å². The van der Waals surface area contributed by atoms with Crippen molar-refractivity contribution >= 4 is 29.1 Å². The molecule has 4 aromatic rings. The largest absolute Gasteiger partial charge is 0.465 e. The van der Waals surface area contributed by atoms with E-state index in [2.05, 4.69) is 111 Å². The van der Waals surface area contributed by atoms with E-state index in [0.29, 0.717) is 12.4 Å². The highest BCUT2D eigenvalue weighted by atomic mass is 32.2. The highest BCUT2D eigenvalue weighted by molar-refractivity contribution is 8.00. The van der Waals surface area contributed by atoms with Crippen molar-refractivity contribution in [2.24, 2.45) is 0 Å². The molecule has 0 unspecified atom stereocenters. The first-order valence-electron chi connectivity index (χ1n) is 13.4. The second kappa shape index (κ2) is 13.9. The van der Waals surface area contributed by atoms with Gasteiger partial charge in [0.2, 0.25) is 0 Å². The molecule has 4 aromatic carbocycles. The topological polar surface area (TPSA) is 32.8 Å². The molecule has 4 nitrogen and oxygen atoms in total. The molecule has 0 amide bonds. The summed E-state index contributed by atoms with van der Waals surface area (Å²) in [6.45, 7) is 0.439. The van der Waals surface area contributed by atoms with Crippen molar-refractivity contribution in [2.45, 2.75) is 23.7 Å². The van der Waals surface area contributed by atoms with Gasteiger partial charge >= 0.3 is 5.97 Å². The number of aryl methyl sites for hydroxylation is 1. The van der Waals surface area contributed by atoms with Crippen LogP contribution in [0.1, 0.15) is 34.6 Å². The van der Waals surface area contributed by atoms with Gasteiger partial charge in [0.1, 0.15) is 0 Å². The number of thioether (sulfide) groups is 1. The third kappa shape index (κ3) is 8.14. The van der Waals surface area contributed by atoms with Crippen molar-refractivity contribution in [2.75, 3.05) is 50.4 Å². The normalized spacial score (nSPS) is 10.9. The summed E-state index contributed by atoms with van der Waals surface area (Å²) in [7, 11) is 8.26. The molecule has 39 heavy (non-hydrogen) atoms. The van der Waals surface area contributed by atoms with E-state index in [4.69, 9.17) is 4.74 Å². The average Bonchev–Trinajstić information content (AvgIpc) is 2.96. The standard InChI is InChI=1S/C34H38N2O2S/c1-35(2)30-20-16-28(17-21-30)34(29-18-22-31(23-19-29)36(3)4)27-14-12-26(13-15-27)9-8-24-38-33(37)25-39-32-10-6-5-7-11-32/h5-7,10-23,34H,8-9,24-25H2,1-4H3. The third-order valence-corrected chi connectivity index (χ3v) is 7.76. The molecule has 0 bridgehead atoms. The number of benzene rings is 4. The van der Waals surface area contributed by atoms with Crippen LogP contribution in [0, 0.1) is 0 Å². The highest BCUT2D eigenvalue weighted by Crippen LogP contribution is 2.34. The van der Waals surface area contributed by atoms with E-state index in [9.17, 15) is 4.79 Å². The number of carbonyl (C=O) groups is 1. The quantitative estimate of drug-likeness (QED) is 0.0820. The second-order valence-corrected chi connectivity index (χ2v) is 11.1. The summed E-state index contributed by atoms with van der Waals surface area (Å²) in [5, 5.41) is 0. The van der Waals surface area contributed by atoms with Crippen LogP contribution >= 0.6 is 11.8 Å². The van der Waals surface area contributed by atoms with Gasteiger partial charge in [-0.3, -0.25) is 4.79 Å². The smallest absolute Gasteiger partial charge is 0.316 e. The Morgan fingerprint density at radius 3 is 1.67 bits per heavy atom. The highest BCUT2D eigenvalue weighted by Gasteiger charge is 2.17. The molecule has 0 aromatic heterocycles. The third-order valence-electron chi connectivity index (χ3n) is 6.77. The Morgan fingerprint density at radius 1 is 0.692 bits per heavy atom. The monoisotopic (exact) mass is 538 g/mol. The summed E-state index contributed by atoms with van der Waals surface area (Å²) >= 11 is 1.51. The number of rotatable bonds is 12. The molecular formula is C34H38N2O2S. The summed E-state index contributed by atoms with van der Waals surface area (Å²) in [5.41, 5.74) is 7.43. The van der Waals surface area contributed by atoms with Crippen molar-refractivity contribution in [3.8, 4) is 0 Å². The fourth-order valence-electron chi connectivity index (χ4n) is 4.55. The van der Waals surface area contributed by atoms with Gasteiger partial charge in [-0.15, -0.1) is 11.8 Å². The number of hydrogen-bond donors (Lipinski definition) is 0. The van der Waals surface area contributed by atoms with Crippen molar-refractivity contribution in [1.82, 2.24) is 0 Å². The summed E-state index contributed by atoms with van der Waals surface area (Å²) in [4.78, 5) is 17.4. The van der Waals surface area contributed by atoms with E-state index in [1.807, 2.05) is 30.3 Å². The maximum Gasteiger partial charge on any atom is 0.316 e. The molecule has 0 saturated carbocycles. The molecule has 0 spiro atoms. The molecule has 0 N–H and O–H groups in total. The van der Waals surface area contributed by atoms with Crippen molar-refractivity contribution in [3.63, 3.8) is 0 Å². The van der Waals surface area contributed by atoms with Gasteiger partial charge in [0.25, 0.3) is 0 Å². The van der Waals surface area contributed by atoms with Gasteiger partial charge in [0.15, 0.2) is 0 Å². The summed E-state index contributed by atoms with van der Waals surface area (Å²) in [6.07, 6.45) is 1.68. The van der Waals surface area contributed by atoms with Gasteiger partial charge in [0.05, 0.1) is 12.4 Å². The molecule has 0 aliphatic carbocycles. The van der Waals surface area contributed by atoms with E-state index in [-0.39, 0.29) is 11.9 Å². The van der Waals surface area contributed by atoms with Crippen LogP contribution in [-0.4, -0.2) is 46.5 Å². The predicted octanol–water partition coefficient (Wildman–Crippen LogP) is 7.27. The lowest BCUT2D eigenvalue weighted by Crippen LogP contribution is -2.10. The summed E-state index contributed by atoms with van der Waals surface area (Å²) < 4.78 is 5.45. The first-order chi connectivity index (χ1) is 18.9. The van der Waals surface area contributed by atoms with Crippen LogP contribution < -0.4 is 9.80 Å². The van der Waals surface area contributed by atoms with Gasteiger partial charge in [-0.1, -0.05) is 66.7 Å². The molecule has 0 heterocycles.